The molecule has 0 aliphatic carbocycles. The molecule has 5 nitrogen and oxygen atoms in total. The van der Waals surface area contributed by atoms with Crippen LogP contribution in [0.15, 0.2) is 76.1 Å². The van der Waals surface area contributed by atoms with E-state index in [0.29, 0.717) is 15.1 Å². The number of sulfone groups is 1. The van der Waals surface area contributed by atoms with Gasteiger partial charge in [-0.3, -0.25) is 9.59 Å². The summed E-state index contributed by atoms with van der Waals surface area (Å²) in [7, 11) is -3.60. The molecule has 0 aromatic heterocycles. The van der Waals surface area contributed by atoms with Gasteiger partial charge in [0.1, 0.15) is 0 Å². The van der Waals surface area contributed by atoms with E-state index in [1.807, 2.05) is 0 Å². The summed E-state index contributed by atoms with van der Waals surface area (Å²) in [5.41, 5.74) is 0.776. The third kappa shape index (κ3) is 4.64. The average molecular weight is 507 g/mol. The van der Waals surface area contributed by atoms with Gasteiger partial charge in [0, 0.05) is 15.6 Å². The minimum atomic E-state index is -3.60. The van der Waals surface area contributed by atoms with Gasteiger partial charge in [-0.2, -0.15) is 0 Å². The molecular formula is C22H17BrClNO4S. The van der Waals surface area contributed by atoms with Crippen LogP contribution in [0.4, 0.5) is 5.69 Å². The molecule has 0 spiro atoms. The summed E-state index contributed by atoms with van der Waals surface area (Å²) >= 11 is 9.50. The van der Waals surface area contributed by atoms with Gasteiger partial charge in [-0.1, -0.05) is 58.7 Å². The Hall–Kier alpha value is -2.48. The van der Waals surface area contributed by atoms with Crippen molar-refractivity contribution in [1.82, 2.24) is 0 Å². The zero-order valence-electron chi connectivity index (χ0n) is 15.9. The summed E-state index contributed by atoms with van der Waals surface area (Å²) in [5.74, 6) is -1.13. The van der Waals surface area contributed by atoms with E-state index in [-0.39, 0.29) is 33.2 Å². The number of hydrogen-bond donors (Lipinski definition) is 1. The van der Waals surface area contributed by atoms with Crippen molar-refractivity contribution in [3.8, 4) is 0 Å². The molecule has 3 rings (SSSR count). The maximum Gasteiger partial charge on any atom is 0.257 e. The van der Waals surface area contributed by atoms with Crippen molar-refractivity contribution in [2.45, 2.75) is 11.8 Å². The fraction of sp³-hybridized carbons (Fsp3) is 0.0909. The number of ketones is 1. The molecule has 0 atom stereocenters. The third-order valence-electron chi connectivity index (χ3n) is 4.44. The molecule has 154 valence electrons. The molecular weight excluding hydrogens is 490 g/mol. The van der Waals surface area contributed by atoms with E-state index < -0.39 is 15.7 Å². The van der Waals surface area contributed by atoms with Crippen LogP contribution in [0.1, 0.15) is 33.2 Å². The highest BCUT2D eigenvalue weighted by atomic mass is 79.9. The van der Waals surface area contributed by atoms with E-state index in [0.717, 1.165) is 0 Å². The lowest BCUT2D eigenvalue weighted by atomic mass is 10.0. The number of carbonyl (C=O) groups is 2. The Morgan fingerprint density at radius 2 is 1.57 bits per heavy atom. The van der Waals surface area contributed by atoms with Crippen LogP contribution < -0.4 is 5.32 Å². The first-order valence-corrected chi connectivity index (χ1v) is 11.8. The normalized spacial score (nSPS) is 11.2. The largest absolute Gasteiger partial charge is 0.321 e. The van der Waals surface area contributed by atoms with Gasteiger partial charge in [0.05, 0.1) is 26.9 Å². The van der Waals surface area contributed by atoms with E-state index in [4.69, 9.17) is 11.6 Å². The molecule has 0 saturated heterocycles. The number of carbonyl (C=O) groups excluding carboxylic acids is 2. The fourth-order valence-electron chi connectivity index (χ4n) is 2.87. The van der Waals surface area contributed by atoms with Gasteiger partial charge >= 0.3 is 0 Å². The molecule has 0 bridgehead atoms. The van der Waals surface area contributed by atoms with E-state index in [9.17, 15) is 18.0 Å². The molecule has 30 heavy (non-hydrogen) atoms. The number of anilines is 1. The number of nitrogens with one attached hydrogen (secondary N) is 1. The Balaban J connectivity index is 2.03. The van der Waals surface area contributed by atoms with Gasteiger partial charge in [0.15, 0.2) is 15.6 Å². The highest BCUT2D eigenvalue weighted by molar-refractivity contribution is 9.10. The van der Waals surface area contributed by atoms with Crippen LogP contribution in [0, 0.1) is 0 Å². The van der Waals surface area contributed by atoms with Gasteiger partial charge < -0.3 is 5.32 Å². The minimum absolute atomic E-state index is 0.0124. The van der Waals surface area contributed by atoms with Crippen LogP contribution in [-0.2, 0) is 9.84 Å². The van der Waals surface area contributed by atoms with Gasteiger partial charge in [-0.05, 0) is 42.5 Å². The van der Waals surface area contributed by atoms with E-state index in [2.05, 4.69) is 21.2 Å². The van der Waals surface area contributed by atoms with Crippen molar-refractivity contribution in [2.75, 3.05) is 11.1 Å². The number of rotatable bonds is 6. The summed E-state index contributed by atoms with van der Waals surface area (Å²) in [4.78, 5) is 26.0. The van der Waals surface area contributed by atoms with Crippen molar-refractivity contribution in [2.24, 2.45) is 0 Å². The molecule has 0 aliphatic rings. The highest BCUT2D eigenvalue weighted by Crippen LogP contribution is 2.28. The van der Waals surface area contributed by atoms with E-state index in [1.165, 1.54) is 19.1 Å². The van der Waals surface area contributed by atoms with Gasteiger partial charge in [0.25, 0.3) is 5.91 Å². The molecule has 1 amide bonds. The first kappa shape index (κ1) is 22.2. The molecule has 3 aromatic rings. The maximum atomic E-state index is 13.1. The van der Waals surface area contributed by atoms with Crippen LogP contribution >= 0.6 is 27.5 Å². The van der Waals surface area contributed by atoms with Crippen LogP contribution in [0.2, 0.25) is 5.02 Å². The highest BCUT2D eigenvalue weighted by Gasteiger charge is 2.23. The first-order chi connectivity index (χ1) is 14.2. The minimum Gasteiger partial charge on any atom is -0.321 e. The Bertz CT molecular complexity index is 1240. The van der Waals surface area contributed by atoms with Crippen molar-refractivity contribution in [3.05, 3.63) is 92.9 Å². The first-order valence-electron chi connectivity index (χ1n) is 8.96. The molecule has 8 heteroatoms. The molecule has 0 heterocycles. The Morgan fingerprint density at radius 3 is 2.23 bits per heavy atom. The Kier molecular flexibility index (Phi) is 6.75. The van der Waals surface area contributed by atoms with Crippen molar-refractivity contribution in [3.63, 3.8) is 0 Å². The number of benzene rings is 3. The second kappa shape index (κ2) is 9.12. The molecule has 0 saturated carbocycles. The Morgan fingerprint density at radius 1 is 0.933 bits per heavy atom. The fourth-order valence-corrected chi connectivity index (χ4v) is 4.55. The predicted octanol–water partition coefficient (Wildman–Crippen LogP) is 5.38. The van der Waals surface area contributed by atoms with Crippen LogP contribution in [0.3, 0.4) is 0 Å². The lowest BCUT2D eigenvalue weighted by Gasteiger charge is -2.14. The summed E-state index contributed by atoms with van der Waals surface area (Å²) in [6, 6.07) is 17.4. The molecule has 3 aromatic carbocycles. The topological polar surface area (TPSA) is 80.3 Å². The molecule has 0 fully saturated rings. The Labute approximate surface area is 188 Å². The number of halogens is 2. The molecule has 0 unspecified atom stereocenters. The number of hydrogen-bond acceptors (Lipinski definition) is 4. The smallest absolute Gasteiger partial charge is 0.257 e. The third-order valence-corrected chi connectivity index (χ3v) is 7.05. The monoisotopic (exact) mass is 505 g/mol. The summed E-state index contributed by atoms with van der Waals surface area (Å²) in [6.45, 7) is 1.51. The maximum absolute atomic E-state index is 13.1. The summed E-state index contributed by atoms with van der Waals surface area (Å²) in [6.07, 6.45) is 0. The zero-order chi connectivity index (χ0) is 21.9. The standard InChI is InChI=1S/C22H17BrClNO4S/c1-2-30(28,29)20-10-6-4-8-16(20)22(27)25-19-12-11-14(23)13-17(19)21(26)15-7-3-5-9-18(15)24/h3-13H,2H2,1H3,(H,25,27). The average Bonchev–Trinajstić information content (AvgIpc) is 2.74. The van der Waals surface area contributed by atoms with Crippen molar-refractivity contribution in [1.29, 1.82) is 0 Å². The van der Waals surface area contributed by atoms with Gasteiger partial charge in [-0.15, -0.1) is 0 Å². The van der Waals surface area contributed by atoms with Crippen LogP contribution in [0.25, 0.3) is 0 Å². The second-order valence-corrected chi connectivity index (χ2v) is 9.92. The second-order valence-electron chi connectivity index (χ2n) is 6.35. The lowest BCUT2D eigenvalue weighted by molar-refractivity contribution is 0.102. The van der Waals surface area contributed by atoms with E-state index in [1.54, 1.807) is 54.6 Å². The number of amides is 1. The van der Waals surface area contributed by atoms with E-state index >= 15 is 0 Å². The van der Waals surface area contributed by atoms with Gasteiger partial charge in [-0.25, -0.2) is 8.42 Å². The zero-order valence-corrected chi connectivity index (χ0v) is 19.0. The predicted molar refractivity (Wildman–Crippen MR) is 121 cm³/mol. The molecule has 0 radical (unpaired) electrons. The van der Waals surface area contributed by atoms with Gasteiger partial charge in [0.2, 0.25) is 0 Å². The lowest BCUT2D eigenvalue weighted by Crippen LogP contribution is -2.19. The van der Waals surface area contributed by atoms with Crippen LogP contribution in [-0.4, -0.2) is 25.9 Å². The van der Waals surface area contributed by atoms with Crippen molar-refractivity contribution >= 4 is 54.7 Å². The molecule has 0 aliphatic heterocycles. The SMILES string of the molecule is CCS(=O)(=O)c1ccccc1C(=O)Nc1ccc(Br)cc1C(=O)c1ccccc1Cl. The summed E-state index contributed by atoms with van der Waals surface area (Å²) < 4.78 is 25.4. The van der Waals surface area contributed by atoms with Crippen LogP contribution in [0.5, 0.6) is 0 Å². The molecule has 1 N–H and O–H groups in total. The summed E-state index contributed by atoms with van der Waals surface area (Å²) in [5, 5.41) is 2.96. The van der Waals surface area contributed by atoms with Crippen molar-refractivity contribution < 1.29 is 18.0 Å². The quantitative estimate of drug-likeness (QED) is 0.455.